The van der Waals surface area contributed by atoms with Gasteiger partial charge in [-0.1, -0.05) is 68.7 Å². The smallest absolute Gasteiger partial charge is 0.324 e. The fraction of sp³-hybridized carbons (Fsp3) is 0.400. The first kappa shape index (κ1) is 23.6. The summed E-state index contributed by atoms with van der Waals surface area (Å²) in [6.45, 7) is 3.41. The van der Waals surface area contributed by atoms with Crippen LogP contribution in [0.5, 0.6) is 0 Å². The maximum atomic E-state index is 11.0. The van der Waals surface area contributed by atoms with Crippen molar-refractivity contribution in [3.8, 4) is 11.1 Å². The lowest BCUT2D eigenvalue weighted by atomic mass is 9.96. The first-order valence-electron chi connectivity index (χ1n) is 11.2. The van der Waals surface area contributed by atoms with E-state index in [-0.39, 0.29) is 6.16 Å². The lowest BCUT2D eigenvalue weighted by molar-refractivity contribution is 0.371. The molecule has 0 amide bonds. The Labute approximate surface area is 185 Å². The molecule has 3 rings (SSSR count). The van der Waals surface area contributed by atoms with Gasteiger partial charge >= 0.3 is 7.60 Å². The van der Waals surface area contributed by atoms with E-state index in [9.17, 15) is 4.57 Å². The molecule has 0 saturated carbocycles. The average Bonchev–Trinajstić information content (AvgIpc) is 2.76. The maximum absolute atomic E-state index is 11.0. The molecular formula is C25H33N2O3P. The molecule has 0 unspecified atom stereocenters. The number of nitrogens with one attached hydrogen (secondary N) is 1. The molecule has 1 heterocycles. The average molecular weight is 441 g/mol. The Kier molecular flexibility index (Phi) is 8.79. The molecule has 2 aromatic carbocycles. The van der Waals surface area contributed by atoms with Crippen LogP contribution in [0.2, 0.25) is 0 Å². The van der Waals surface area contributed by atoms with Crippen molar-refractivity contribution in [3.63, 3.8) is 0 Å². The molecule has 0 aliphatic carbocycles. The molecule has 6 heteroatoms. The Balaban J connectivity index is 1.70. The lowest BCUT2D eigenvalue weighted by Gasteiger charge is -2.12. The predicted molar refractivity (Wildman–Crippen MR) is 128 cm³/mol. The summed E-state index contributed by atoms with van der Waals surface area (Å²) in [5.41, 5.74) is 5.80. The molecule has 0 aliphatic rings. The van der Waals surface area contributed by atoms with E-state index in [1.165, 1.54) is 42.4 Å². The zero-order valence-electron chi connectivity index (χ0n) is 18.3. The van der Waals surface area contributed by atoms with Gasteiger partial charge < -0.3 is 15.1 Å². The molecule has 31 heavy (non-hydrogen) atoms. The Hall–Kier alpha value is -2.04. The zero-order chi connectivity index (χ0) is 22.1. The Morgan fingerprint density at radius 2 is 1.77 bits per heavy atom. The van der Waals surface area contributed by atoms with E-state index >= 15 is 0 Å². The molecule has 3 aromatic rings. The largest absolute Gasteiger partial charge is 0.325 e. The molecule has 0 saturated heterocycles. The molecule has 0 atom stereocenters. The normalized spacial score (nSPS) is 11.8. The molecule has 3 N–H and O–H groups in total. The fourth-order valence-electron chi connectivity index (χ4n) is 3.87. The standard InChI is InChI=1S/C25H33N2O3P/c1-2-3-4-5-8-20-10-12-21(13-11-20)23-15-14-22(25-24(23)9-6-17-27-25)19-26-16-7-18-31(28,29)30/h6,9-15,17,26H,2-5,7-8,16,18-19H2,1H3,(H2,28,29,30). The minimum absolute atomic E-state index is 0.0907. The van der Waals surface area contributed by atoms with E-state index in [4.69, 9.17) is 9.79 Å². The van der Waals surface area contributed by atoms with Gasteiger partial charge in [-0.15, -0.1) is 0 Å². The molecule has 1 aromatic heterocycles. The highest BCUT2D eigenvalue weighted by molar-refractivity contribution is 7.51. The zero-order valence-corrected chi connectivity index (χ0v) is 19.2. The van der Waals surface area contributed by atoms with Gasteiger partial charge in [0.25, 0.3) is 0 Å². The number of aromatic nitrogens is 1. The number of benzene rings is 2. The van der Waals surface area contributed by atoms with E-state index in [1.807, 2.05) is 12.3 Å². The second kappa shape index (κ2) is 11.5. The van der Waals surface area contributed by atoms with Crippen LogP contribution in [0.3, 0.4) is 0 Å². The second-order valence-corrected chi connectivity index (χ2v) is 9.87. The van der Waals surface area contributed by atoms with E-state index in [2.05, 4.69) is 59.7 Å². The van der Waals surface area contributed by atoms with Crippen LogP contribution in [0.25, 0.3) is 22.0 Å². The molecule has 166 valence electrons. The van der Waals surface area contributed by atoms with Gasteiger partial charge in [-0.05, 0) is 54.1 Å². The summed E-state index contributed by atoms with van der Waals surface area (Å²) in [7, 11) is -3.92. The monoisotopic (exact) mass is 440 g/mol. The molecule has 0 aliphatic heterocycles. The van der Waals surface area contributed by atoms with E-state index in [1.54, 1.807) is 0 Å². The third kappa shape index (κ3) is 7.26. The Morgan fingerprint density at radius 1 is 0.968 bits per heavy atom. The second-order valence-electron chi connectivity index (χ2n) is 8.10. The summed E-state index contributed by atoms with van der Waals surface area (Å²) in [5, 5.41) is 4.40. The minimum Gasteiger partial charge on any atom is -0.324 e. The molecule has 0 spiro atoms. The van der Waals surface area contributed by atoms with Crippen molar-refractivity contribution in [2.75, 3.05) is 12.7 Å². The van der Waals surface area contributed by atoms with Crippen molar-refractivity contribution in [1.82, 2.24) is 10.3 Å². The van der Waals surface area contributed by atoms with Crippen LogP contribution < -0.4 is 5.32 Å². The number of unbranched alkanes of at least 4 members (excludes halogenated alkanes) is 3. The van der Waals surface area contributed by atoms with Crippen LogP contribution in [0, 0.1) is 0 Å². The summed E-state index contributed by atoms with van der Waals surface area (Å²) in [5.74, 6) is 0. The number of pyridine rings is 1. The SMILES string of the molecule is CCCCCCc1ccc(-c2ccc(CNCCCP(=O)(O)O)c3ncccc23)cc1. The number of hydrogen-bond acceptors (Lipinski definition) is 3. The van der Waals surface area contributed by atoms with Crippen molar-refractivity contribution >= 4 is 18.5 Å². The van der Waals surface area contributed by atoms with Crippen LogP contribution >= 0.6 is 7.60 Å². The molecule has 5 nitrogen and oxygen atoms in total. The number of fused-ring (bicyclic) bond motifs is 1. The summed E-state index contributed by atoms with van der Waals surface area (Å²) >= 11 is 0. The number of rotatable bonds is 12. The number of nitrogens with zero attached hydrogens (tertiary/aromatic N) is 1. The van der Waals surface area contributed by atoms with E-state index in [0.717, 1.165) is 22.9 Å². The first-order valence-corrected chi connectivity index (χ1v) is 13.0. The predicted octanol–water partition coefficient (Wildman–Crippen LogP) is 5.68. The van der Waals surface area contributed by atoms with Gasteiger partial charge in [0.15, 0.2) is 0 Å². The highest BCUT2D eigenvalue weighted by Crippen LogP contribution is 2.34. The van der Waals surface area contributed by atoms with Gasteiger partial charge in [-0.3, -0.25) is 9.55 Å². The van der Waals surface area contributed by atoms with Crippen LogP contribution in [0.1, 0.15) is 50.2 Å². The Bertz CT molecular complexity index is 1010. The fourth-order valence-corrected chi connectivity index (χ4v) is 4.44. The minimum atomic E-state index is -3.92. The Morgan fingerprint density at radius 3 is 2.52 bits per heavy atom. The van der Waals surface area contributed by atoms with Crippen molar-refractivity contribution in [2.24, 2.45) is 0 Å². The van der Waals surface area contributed by atoms with Crippen molar-refractivity contribution < 1.29 is 14.4 Å². The third-order valence-corrected chi connectivity index (χ3v) is 6.45. The highest BCUT2D eigenvalue weighted by Gasteiger charge is 2.12. The molecular weight excluding hydrogens is 407 g/mol. The van der Waals surface area contributed by atoms with Crippen LogP contribution in [0.4, 0.5) is 0 Å². The summed E-state index contributed by atoms with van der Waals surface area (Å²) in [4.78, 5) is 22.6. The highest BCUT2D eigenvalue weighted by atomic mass is 31.2. The van der Waals surface area contributed by atoms with E-state index in [0.29, 0.717) is 19.5 Å². The van der Waals surface area contributed by atoms with Crippen molar-refractivity contribution in [1.29, 1.82) is 0 Å². The van der Waals surface area contributed by atoms with Crippen molar-refractivity contribution in [3.05, 3.63) is 65.9 Å². The van der Waals surface area contributed by atoms with Crippen LogP contribution in [-0.4, -0.2) is 27.5 Å². The molecule has 0 fully saturated rings. The molecule has 0 bridgehead atoms. The third-order valence-electron chi connectivity index (χ3n) is 5.56. The summed E-state index contributed by atoms with van der Waals surface area (Å²) in [6.07, 6.45) is 8.41. The van der Waals surface area contributed by atoms with Crippen LogP contribution in [-0.2, 0) is 17.5 Å². The van der Waals surface area contributed by atoms with Crippen molar-refractivity contribution in [2.45, 2.75) is 52.0 Å². The van der Waals surface area contributed by atoms with Gasteiger partial charge in [-0.25, -0.2) is 0 Å². The topological polar surface area (TPSA) is 82.5 Å². The first-order chi connectivity index (χ1) is 15.0. The summed E-state index contributed by atoms with van der Waals surface area (Å²) < 4.78 is 11.0. The van der Waals surface area contributed by atoms with Gasteiger partial charge in [0.05, 0.1) is 11.7 Å². The number of hydrogen-bond donors (Lipinski definition) is 3. The number of aryl methyl sites for hydroxylation is 1. The summed E-state index contributed by atoms with van der Waals surface area (Å²) in [6, 6.07) is 17.2. The lowest BCUT2D eigenvalue weighted by Crippen LogP contribution is -2.16. The van der Waals surface area contributed by atoms with Gasteiger partial charge in [0, 0.05) is 18.1 Å². The van der Waals surface area contributed by atoms with Crippen LogP contribution in [0.15, 0.2) is 54.7 Å². The van der Waals surface area contributed by atoms with Gasteiger partial charge in [0.2, 0.25) is 0 Å². The van der Waals surface area contributed by atoms with E-state index < -0.39 is 7.60 Å². The van der Waals surface area contributed by atoms with Gasteiger partial charge in [0.1, 0.15) is 0 Å². The quantitative estimate of drug-likeness (QED) is 0.249. The molecule has 0 radical (unpaired) electrons. The maximum Gasteiger partial charge on any atom is 0.325 e. The van der Waals surface area contributed by atoms with Gasteiger partial charge in [-0.2, -0.15) is 0 Å².